The summed E-state index contributed by atoms with van der Waals surface area (Å²) in [4.78, 5) is 0. The van der Waals surface area contributed by atoms with Gasteiger partial charge >= 0.3 is 0 Å². The fourth-order valence-electron chi connectivity index (χ4n) is 2.65. The minimum atomic E-state index is -0.507. The largest absolute Gasteiger partial charge is 0.375 e. The van der Waals surface area contributed by atoms with Crippen LogP contribution in [-0.4, -0.2) is 36.2 Å². The van der Waals surface area contributed by atoms with E-state index in [2.05, 4.69) is 20.8 Å². The Hall–Kier alpha value is -0.160. The van der Waals surface area contributed by atoms with Crippen LogP contribution in [0.25, 0.3) is 0 Å². The van der Waals surface area contributed by atoms with Gasteiger partial charge in [-0.15, -0.1) is 0 Å². The molecule has 0 bridgehead atoms. The molecule has 0 aromatic heterocycles. The second-order valence-corrected chi connectivity index (χ2v) is 6.65. The molecule has 0 unspecified atom stereocenters. The van der Waals surface area contributed by atoms with Crippen molar-refractivity contribution in [2.45, 2.75) is 70.7 Å². The van der Waals surface area contributed by atoms with Crippen molar-refractivity contribution >= 4 is 0 Å². The Morgan fingerprint density at radius 3 is 2.41 bits per heavy atom. The Balaban J connectivity index is 1.97. The molecule has 0 amide bonds. The zero-order valence-corrected chi connectivity index (χ0v) is 11.5. The number of fused-ring (bicyclic) bond motifs is 1. The average molecular weight is 243 g/mol. The number of hydrogen-bond acceptors (Lipinski definition) is 4. The summed E-state index contributed by atoms with van der Waals surface area (Å²) in [6.45, 7) is 10.8. The summed E-state index contributed by atoms with van der Waals surface area (Å²) in [6.07, 6.45) is 1.03. The Morgan fingerprint density at radius 2 is 1.82 bits per heavy atom. The van der Waals surface area contributed by atoms with Crippen LogP contribution < -0.4 is 5.73 Å². The van der Waals surface area contributed by atoms with Crippen LogP contribution in [0.1, 0.15) is 41.0 Å². The highest BCUT2D eigenvalue weighted by Crippen LogP contribution is 2.41. The summed E-state index contributed by atoms with van der Waals surface area (Å²) in [5.41, 5.74) is 6.00. The summed E-state index contributed by atoms with van der Waals surface area (Å²) >= 11 is 0. The quantitative estimate of drug-likeness (QED) is 0.801. The smallest absolute Gasteiger partial charge is 0.163 e. The second-order valence-electron chi connectivity index (χ2n) is 6.65. The minimum absolute atomic E-state index is 0.0265. The highest BCUT2D eigenvalue weighted by atomic mass is 16.8. The molecule has 17 heavy (non-hydrogen) atoms. The van der Waals surface area contributed by atoms with Crippen molar-refractivity contribution in [3.05, 3.63) is 0 Å². The number of ether oxygens (including phenoxy) is 3. The first-order valence-corrected chi connectivity index (χ1v) is 6.43. The highest BCUT2D eigenvalue weighted by Gasteiger charge is 2.52. The van der Waals surface area contributed by atoms with Crippen molar-refractivity contribution in [1.82, 2.24) is 0 Å². The lowest BCUT2D eigenvalue weighted by molar-refractivity contribution is -0.162. The van der Waals surface area contributed by atoms with Crippen molar-refractivity contribution in [1.29, 1.82) is 0 Å². The van der Waals surface area contributed by atoms with Crippen LogP contribution in [0.15, 0.2) is 0 Å². The molecule has 2 fully saturated rings. The zero-order chi connectivity index (χ0) is 12.8. The molecule has 1 heterocycles. The summed E-state index contributed by atoms with van der Waals surface area (Å²) in [7, 11) is 0. The SMILES string of the molecule is CC(C)(C)OC[C@@H]1C[C@H](N)[C@H]2OC(C)(C)O[C@@H]12. The standard InChI is InChI=1S/C13H25NO3/c1-12(2,3)15-7-8-6-9(14)11-10(8)16-13(4,5)17-11/h8-11H,6-7,14H2,1-5H3/t8-,9-,10-,11+/m0/s1. The summed E-state index contributed by atoms with van der Waals surface area (Å²) in [6, 6.07) is 0.0651. The Morgan fingerprint density at radius 1 is 1.24 bits per heavy atom. The molecule has 0 radical (unpaired) electrons. The molecular formula is C13H25NO3. The number of rotatable bonds is 2. The fraction of sp³-hybridized carbons (Fsp3) is 1.00. The molecule has 4 nitrogen and oxygen atoms in total. The summed E-state index contributed by atoms with van der Waals surface area (Å²) in [5, 5.41) is 0. The number of nitrogens with two attached hydrogens (primary N) is 1. The lowest BCUT2D eigenvalue weighted by atomic mass is 10.1. The van der Waals surface area contributed by atoms with Gasteiger partial charge in [0.25, 0.3) is 0 Å². The van der Waals surface area contributed by atoms with Crippen LogP contribution in [0.5, 0.6) is 0 Å². The molecule has 0 spiro atoms. The molecule has 1 saturated carbocycles. The maximum absolute atomic E-state index is 6.11. The molecule has 100 valence electrons. The Bertz CT molecular complexity index is 285. The van der Waals surface area contributed by atoms with Gasteiger partial charge in [0.15, 0.2) is 5.79 Å². The minimum Gasteiger partial charge on any atom is -0.375 e. The number of hydrogen-bond donors (Lipinski definition) is 1. The predicted octanol–water partition coefficient (Wildman–Crippen LogP) is 1.67. The van der Waals surface area contributed by atoms with Gasteiger partial charge in [-0.2, -0.15) is 0 Å². The zero-order valence-electron chi connectivity index (χ0n) is 11.5. The van der Waals surface area contributed by atoms with Gasteiger partial charge in [0.1, 0.15) is 6.10 Å². The van der Waals surface area contributed by atoms with E-state index in [0.717, 1.165) is 6.42 Å². The summed E-state index contributed by atoms with van der Waals surface area (Å²) < 4.78 is 17.6. The first kappa shape index (κ1) is 13.3. The van der Waals surface area contributed by atoms with E-state index in [9.17, 15) is 0 Å². The summed E-state index contributed by atoms with van der Waals surface area (Å²) in [5.74, 6) is -0.163. The predicted molar refractivity (Wildman–Crippen MR) is 65.6 cm³/mol. The van der Waals surface area contributed by atoms with Crippen molar-refractivity contribution < 1.29 is 14.2 Å². The Kier molecular flexibility index (Phi) is 3.28. The molecule has 0 aromatic carbocycles. The third-order valence-electron chi connectivity index (χ3n) is 3.36. The van der Waals surface area contributed by atoms with Crippen LogP contribution in [0.2, 0.25) is 0 Å². The Labute approximate surface area is 104 Å². The maximum atomic E-state index is 6.11. The van der Waals surface area contributed by atoms with E-state index in [1.807, 2.05) is 13.8 Å². The van der Waals surface area contributed by atoms with Crippen LogP contribution in [0, 0.1) is 5.92 Å². The first-order chi connectivity index (χ1) is 7.68. The van der Waals surface area contributed by atoms with E-state index >= 15 is 0 Å². The van der Waals surface area contributed by atoms with Crippen LogP contribution in [0.4, 0.5) is 0 Å². The van der Waals surface area contributed by atoms with E-state index in [-0.39, 0.29) is 23.9 Å². The average Bonchev–Trinajstić information content (AvgIpc) is 2.58. The van der Waals surface area contributed by atoms with E-state index in [1.165, 1.54) is 0 Å². The van der Waals surface area contributed by atoms with Crippen molar-refractivity contribution in [3.63, 3.8) is 0 Å². The van der Waals surface area contributed by atoms with Gasteiger partial charge in [-0.1, -0.05) is 0 Å². The van der Waals surface area contributed by atoms with Crippen LogP contribution >= 0.6 is 0 Å². The fourth-order valence-corrected chi connectivity index (χ4v) is 2.65. The van der Waals surface area contributed by atoms with Gasteiger partial charge in [0.05, 0.1) is 18.3 Å². The van der Waals surface area contributed by atoms with E-state index in [4.69, 9.17) is 19.9 Å². The molecular weight excluding hydrogens is 218 g/mol. The molecule has 1 aliphatic carbocycles. The molecule has 1 saturated heterocycles. The molecule has 0 aromatic rings. The monoisotopic (exact) mass is 243 g/mol. The molecule has 4 heteroatoms. The molecule has 4 atom stereocenters. The van der Waals surface area contributed by atoms with Gasteiger partial charge in [-0.25, -0.2) is 0 Å². The van der Waals surface area contributed by atoms with E-state index < -0.39 is 5.79 Å². The van der Waals surface area contributed by atoms with Gasteiger partial charge in [0, 0.05) is 12.0 Å². The highest BCUT2D eigenvalue weighted by molar-refractivity contribution is 5.00. The first-order valence-electron chi connectivity index (χ1n) is 6.43. The van der Waals surface area contributed by atoms with Crippen molar-refractivity contribution in [2.24, 2.45) is 11.7 Å². The van der Waals surface area contributed by atoms with Gasteiger partial charge in [-0.05, 0) is 41.0 Å². The molecule has 1 aliphatic heterocycles. The van der Waals surface area contributed by atoms with Crippen molar-refractivity contribution in [3.8, 4) is 0 Å². The maximum Gasteiger partial charge on any atom is 0.163 e. The normalized spacial score (nSPS) is 40.6. The van der Waals surface area contributed by atoms with E-state index in [1.54, 1.807) is 0 Å². The van der Waals surface area contributed by atoms with Crippen LogP contribution in [-0.2, 0) is 14.2 Å². The third kappa shape index (κ3) is 2.99. The van der Waals surface area contributed by atoms with Crippen LogP contribution in [0.3, 0.4) is 0 Å². The lowest BCUT2D eigenvalue weighted by Gasteiger charge is -2.26. The second kappa shape index (κ2) is 4.19. The van der Waals surface area contributed by atoms with E-state index in [0.29, 0.717) is 12.5 Å². The van der Waals surface area contributed by atoms with Gasteiger partial charge < -0.3 is 19.9 Å². The van der Waals surface area contributed by atoms with Gasteiger partial charge in [-0.3, -0.25) is 0 Å². The molecule has 2 N–H and O–H groups in total. The lowest BCUT2D eigenvalue weighted by Crippen LogP contribution is -2.35. The third-order valence-corrected chi connectivity index (χ3v) is 3.36. The van der Waals surface area contributed by atoms with Crippen molar-refractivity contribution in [2.75, 3.05) is 6.61 Å². The topological polar surface area (TPSA) is 53.7 Å². The molecule has 2 rings (SSSR count). The van der Waals surface area contributed by atoms with Gasteiger partial charge in [0.2, 0.25) is 0 Å². The molecule has 2 aliphatic rings.